The first-order valence-corrected chi connectivity index (χ1v) is 5.51. The normalized spacial score (nSPS) is 11.2. The number of rotatable bonds is 4. The highest BCUT2D eigenvalue weighted by Gasteiger charge is 2.26. The molecule has 0 fully saturated rings. The standard InChI is InChI=1S/C11H13Cl2NO2/c1-11(2,10(15)16)6-14-9-4-3-7(12)5-8(9)13/h3-5,14H,6H2,1-2H3,(H,15,16). The number of hydrogen-bond donors (Lipinski definition) is 2. The lowest BCUT2D eigenvalue weighted by Gasteiger charge is -2.20. The van der Waals surface area contributed by atoms with Crippen LogP contribution >= 0.6 is 23.2 Å². The van der Waals surface area contributed by atoms with Crippen molar-refractivity contribution in [2.45, 2.75) is 13.8 Å². The molecule has 0 aliphatic carbocycles. The van der Waals surface area contributed by atoms with Crippen LogP contribution in [0.1, 0.15) is 13.8 Å². The molecule has 0 amide bonds. The Labute approximate surface area is 104 Å². The Balaban J connectivity index is 2.72. The highest BCUT2D eigenvalue weighted by Crippen LogP contribution is 2.26. The molecule has 0 heterocycles. The zero-order valence-corrected chi connectivity index (χ0v) is 10.6. The van der Waals surface area contributed by atoms with Gasteiger partial charge in [-0.05, 0) is 32.0 Å². The van der Waals surface area contributed by atoms with Gasteiger partial charge in [-0.2, -0.15) is 0 Å². The Morgan fingerprint density at radius 2 is 2.06 bits per heavy atom. The maximum Gasteiger partial charge on any atom is 0.310 e. The van der Waals surface area contributed by atoms with Gasteiger partial charge in [0.25, 0.3) is 0 Å². The number of hydrogen-bond acceptors (Lipinski definition) is 2. The van der Waals surface area contributed by atoms with Crippen molar-refractivity contribution in [3.63, 3.8) is 0 Å². The fraction of sp³-hybridized carbons (Fsp3) is 0.364. The van der Waals surface area contributed by atoms with Crippen molar-refractivity contribution in [3.05, 3.63) is 28.2 Å². The van der Waals surface area contributed by atoms with E-state index in [4.69, 9.17) is 28.3 Å². The molecule has 1 aromatic rings. The van der Waals surface area contributed by atoms with E-state index in [2.05, 4.69) is 5.32 Å². The van der Waals surface area contributed by atoms with Gasteiger partial charge in [-0.15, -0.1) is 0 Å². The average Bonchev–Trinajstić information content (AvgIpc) is 2.16. The van der Waals surface area contributed by atoms with E-state index < -0.39 is 11.4 Å². The summed E-state index contributed by atoms with van der Waals surface area (Å²) in [7, 11) is 0. The minimum atomic E-state index is -0.856. The summed E-state index contributed by atoms with van der Waals surface area (Å²) in [6.07, 6.45) is 0. The van der Waals surface area contributed by atoms with Crippen LogP contribution in [-0.2, 0) is 4.79 Å². The Kier molecular flexibility index (Phi) is 4.05. The quantitative estimate of drug-likeness (QED) is 0.872. The summed E-state index contributed by atoms with van der Waals surface area (Å²) < 4.78 is 0. The second-order valence-electron chi connectivity index (χ2n) is 4.17. The van der Waals surface area contributed by atoms with Crippen molar-refractivity contribution in [2.24, 2.45) is 5.41 Å². The Morgan fingerprint density at radius 1 is 1.44 bits per heavy atom. The number of carboxylic acids is 1. The number of carboxylic acid groups (broad SMARTS) is 1. The van der Waals surface area contributed by atoms with Crippen molar-refractivity contribution in [3.8, 4) is 0 Å². The SMILES string of the molecule is CC(C)(CNc1ccc(Cl)cc1Cl)C(=O)O. The third-order valence-corrected chi connectivity index (χ3v) is 2.78. The van der Waals surface area contributed by atoms with E-state index >= 15 is 0 Å². The summed E-state index contributed by atoms with van der Waals surface area (Å²) in [6.45, 7) is 3.59. The highest BCUT2D eigenvalue weighted by molar-refractivity contribution is 6.36. The maximum absolute atomic E-state index is 10.9. The molecule has 0 radical (unpaired) electrons. The van der Waals surface area contributed by atoms with Crippen LogP contribution in [0.2, 0.25) is 10.0 Å². The first-order valence-electron chi connectivity index (χ1n) is 4.75. The molecule has 0 aliphatic rings. The predicted octanol–water partition coefficient (Wildman–Crippen LogP) is 3.52. The van der Waals surface area contributed by atoms with Gasteiger partial charge in [-0.1, -0.05) is 23.2 Å². The van der Waals surface area contributed by atoms with Gasteiger partial charge in [0.2, 0.25) is 0 Å². The molecule has 0 atom stereocenters. The lowest BCUT2D eigenvalue weighted by molar-refractivity contribution is -0.146. The molecule has 0 aromatic heterocycles. The molecular formula is C11H13Cl2NO2. The minimum Gasteiger partial charge on any atom is -0.481 e. The van der Waals surface area contributed by atoms with Crippen LogP contribution in [0, 0.1) is 5.41 Å². The molecule has 5 heteroatoms. The Morgan fingerprint density at radius 3 is 2.56 bits per heavy atom. The van der Waals surface area contributed by atoms with Crippen LogP contribution in [0.25, 0.3) is 0 Å². The van der Waals surface area contributed by atoms with E-state index in [0.29, 0.717) is 22.3 Å². The summed E-state index contributed by atoms with van der Waals surface area (Å²) in [5.41, 5.74) is -0.163. The molecule has 0 bridgehead atoms. The second-order valence-corrected chi connectivity index (χ2v) is 5.01. The van der Waals surface area contributed by atoms with Crippen molar-refractivity contribution in [1.29, 1.82) is 0 Å². The molecule has 1 rings (SSSR count). The van der Waals surface area contributed by atoms with E-state index in [1.165, 1.54) is 0 Å². The predicted molar refractivity (Wildman–Crippen MR) is 66.4 cm³/mol. The minimum absolute atomic E-state index is 0.295. The summed E-state index contributed by atoms with van der Waals surface area (Å²) in [5.74, 6) is -0.856. The van der Waals surface area contributed by atoms with Gasteiger partial charge in [0.15, 0.2) is 0 Å². The van der Waals surface area contributed by atoms with Gasteiger partial charge >= 0.3 is 5.97 Å². The van der Waals surface area contributed by atoms with E-state index in [1.807, 2.05) is 0 Å². The molecule has 1 aromatic carbocycles. The first-order chi connectivity index (χ1) is 7.33. The van der Waals surface area contributed by atoms with Gasteiger partial charge in [-0.3, -0.25) is 4.79 Å². The summed E-state index contributed by atoms with van der Waals surface area (Å²) in [5, 5.41) is 13.0. The van der Waals surface area contributed by atoms with Gasteiger partial charge in [0.05, 0.1) is 16.1 Å². The van der Waals surface area contributed by atoms with Crippen LogP contribution in [0.5, 0.6) is 0 Å². The lowest BCUT2D eigenvalue weighted by Crippen LogP contribution is -2.31. The molecule has 88 valence electrons. The molecule has 3 nitrogen and oxygen atoms in total. The van der Waals surface area contributed by atoms with Crippen molar-refractivity contribution < 1.29 is 9.90 Å². The van der Waals surface area contributed by atoms with Crippen molar-refractivity contribution in [1.82, 2.24) is 0 Å². The zero-order chi connectivity index (χ0) is 12.3. The van der Waals surface area contributed by atoms with Crippen LogP contribution in [0.3, 0.4) is 0 Å². The molecule has 0 spiro atoms. The van der Waals surface area contributed by atoms with Crippen molar-refractivity contribution in [2.75, 3.05) is 11.9 Å². The number of benzene rings is 1. The molecule has 2 N–H and O–H groups in total. The number of carbonyl (C=O) groups is 1. The van der Waals surface area contributed by atoms with E-state index in [0.717, 1.165) is 0 Å². The Bertz CT molecular complexity index is 405. The van der Waals surface area contributed by atoms with Crippen LogP contribution < -0.4 is 5.32 Å². The summed E-state index contributed by atoms with van der Waals surface area (Å²) in [6, 6.07) is 5.03. The van der Waals surface area contributed by atoms with E-state index in [-0.39, 0.29) is 0 Å². The number of anilines is 1. The fourth-order valence-corrected chi connectivity index (χ4v) is 1.50. The van der Waals surface area contributed by atoms with Gasteiger partial charge < -0.3 is 10.4 Å². The first kappa shape index (κ1) is 13.1. The Hall–Kier alpha value is -0.930. The number of nitrogens with one attached hydrogen (secondary N) is 1. The van der Waals surface area contributed by atoms with Gasteiger partial charge in [-0.25, -0.2) is 0 Å². The third-order valence-electron chi connectivity index (χ3n) is 2.23. The number of aliphatic carboxylic acids is 1. The highest BCUT2D eigenvalue weighted by atomic mass is 35.5. The largest absolute Gasteiger partial charge is 0.481 e. The van der Waals surface area contributed by atoms with Gasteiger partial charge in [0.1, 0.15) is 0 Å². The average molecular weight is 262 g/mol. The zero-order valence-electron chi connectivity index (χ0n) is 9.05. The molecule has 0 saturated carbocycles. The van der Waals surface area contributed by atoms with Crippen molar-refractivity contribution >= 4 is 34.9 Å². The van der Waals surface area contributed by atoms with Crippen LogP contribution in [0.4, 0.5) is 5.69 Å². The van der Waals surface area contributed by atoms with E-state index in [1.54, 1.807) is 32.0 Å². The molecule has 0 saturated heterocycles. The third kappa shape index (κ3) is 3.29. The van der Waals surface area contributed by atoms with Crippen LogP contribution in [-0.4, -0.2) is 17.6 Å². The summed E-state index contributed by atoms with van der Waals surface area (Å²) in [4.78, 5) is 10.9. The maximum atomic E-state index is 10.9. The topological polar surface area (TPSA) is 49.3 Å². The second kappa shape index (κ2) is 4.93. The smallest absolute Gasteiger partial charge is 0.310 e. The van der Waals surface area contributed by atoms with Gasteiger partial charge in [0, 0.05) is 11.6 Å². The molecule has 0 aliphatic heterocycles. The fourth-order valence-electron chi connectivity index (χ4n) is 1.02. The monoisotopic (exact) mass is 261 g/mol. The van der Waals surface area contributed by atoms with E-state index in [9.17, 15) is 4.79 Å². The lowest BCUT2D eigenvalue weighted by atomic mass is 9.94. The van der Waals surface area contributed by atoms with Crippen LogP contribution in [0.15, 0.2) is 18.2 Å². The molecular weight excluding hydrogens is 249 g/mol. The number of halogens is 2. The molecule has 0 unspecified atom stereocenters. The summed E-state index contributed by atoms with van der Waals surface area (Å²) >= 11 is 11.7. The molecule has 16 heavy (non-hydrogen) atoms.